The lowest BCUT2D eigenvalue weighted by atomic mass is 9.93. The van der Waals surface area contributed by atoms with Crippen LogP contribution in [0.3, 0.4) is 0 Å². The molecule has 2 N–H and O–H groups in total. The van der Waals surface area contributed by atoms with Gasteiger partial charge in [0.15, 0.2) is 0 Å². The fourth-order valence-electron chi connectivity index (χ4n) is 2.12. The van der Waals surface area contributed by atoms with E-state index < -0.39 is 0 Å². The Morgan fingerprint density at radius 1 is 1.53 bits per heavy atom. The summed E-state index contributed by atoms with van der Waals surface area (Å²) in [5.41, 5.74) is 5.91. The van der Waals surface area contributed by atoms with Crippen LogP contribution in [0.15, 0.2) is 0 Å². The van der Waals surface area contributed by atoms with Gasteiger partial charge in [-0.2, -0.15) is 0 Å². The van der Waals surface area contributed by atoms with Crippen molar-refractivity contribution in [1.82, 2.24) is 4.90 Å². The lowest BCUT2D eigenvalue weighted by Crippen LogP contribution is -2.59. The highest BCUT2D eigenvalue weighted by Gasteiger charge is 2.38. The van der Waals surface area contributed by atoms with E-state index in [9.17, 15) is 0 Å². The van der Waals surface area contributed by atoms with Gasteiger partial charge in [-0.3, -0.25) is 4.90 Å². The molecule has 90 valence electrons. The van der Waals surface area contributed by atoms with Crippen molar-refractivity contribution in [3.63, 3.8) is 0 Å². The van der Waals surface area contributed by atoms with Gasteiger partial charge < -0.3 is 10.5 Å². The Hall–Kier alpha value is -0.120. The van der Waals surface area contributed by atoms with Crippen molar-refractivity contribution in [2.75, 3.05) is 26.7 Å². The Kier molecular flexibility index (Phi) is 4.56. The Morgan fingerprint density at radius 2 is 2.13 bits per heavy atom. The number of hydrogen-bond acceptors (Lipinski definition) is 3. The molecule has 2 unspecified atom stereocenters. The molecule has 1 aliphatic carbocycles. The zero-order valence-electron chi connectivity index (χ0n) is 10.6. The van der Waals surface area contributed by atoms with Crippen molar-refractivity contribution in [2.45, 2.75) is 45.3 Å². The first-order valence-corrected chi connectivity index (χ1v) is 6.06. The van der Waals surface area contributed by atoms with E-state index in [0.29, 0.717) is 6.54 Å². The average molecular weight is 214 g/mol. The second-order valence-electron chi connectivity index (χ2n) is 4.92. The van der Waals surface area contributed by atoms with Crippen molar-refractivity contribution < 1.29 is 4.74 Å². The zero-order chi connectivity index (χ0) is 11.5. The van der Waals surface area contributed by atoms with Gasteiger partial charge in [-0.05, 0) is 39.2 Å². The Balaban J connectivity index is 2.65. The summed E-state index contributed by atoms with van der Waals surface area (Å²) in [6.45, 7) is 9.42. The first kappa shape index (κ1) is 12.9. The van der Waals surface area contributed by atoms with Gasteiger partial charge in [0.2, 0.25) is 0 Å². The van der Waals surface area contributed by atoms with Gasteiger partial charge in [0.05, 0.1) is 11.6 Å². The van der Waals surface area contributed by atoms with Gasteiger partial charge in [-0.1, -0.05) is 6.92 Å². The third-order valence-electron chi connectivity index (χ3n) is 3.92. The molecule has 0 aromatic rings. The summed E-state index contributed by atoms with van der Waals surface area (Å²) in [6.07, 6.45) is 2.96. The molecule has 0 aromatic carbocycles. The molecule has 0 radical (unpaired) electrons. The Bertz CT molecular complexity index is 194. The topological polar surface area (TPSA) is 38.5 Å². The van der Waals surface area contributed by atoms with Gasteiger partial charge >= 0.3 is 0 Å². The van der Waals surface area contributed by atoms with Crippen molar-refractivity contribution in [3.05, 3.63) is 0 Å². The molecular formula is C12H26N2O. The van der Waals surface area contributed by atoms with Crippen LogP contribution >= 0.6 is 0 Å². The molecule has 0 bridgehead atoms. The molecule has 0 aromatic heterocycles. The highest BCUT2D eigenvalue weighted by Crippen LogP contribution is 2.32. The third kappa shape index (κ3) is 2.92. The SMILES string of the molecule is CCN(CC1CC1)C(C)(CN)C(C)OC. The molecule has 3 heteroatoms. The van der Waals surface area contributed by atoms with Gasteiger partial charge in [-0.15, -0.1) is 0 Å². The summed E-state index contributed by atoms with van der Waals surface area (Å²) in [6, 6.07) is 0. The number of rotatable bonds is 7. The predicted octanol–water partition coefficient (Wildman–Crippen LogP) is 1.47. The van der Waals surface area contributed by atoms with E-state index in [0.717, 1.165) is 12.5 Å². The molecule has 2 atom stereocenters. The van der Waals surface area contributed by atoms with E-state index in [4.69, 9.17) is 10.5 Å². The molecule has 0 saturated heterocycles. The number of methoxy groups -OCH3 is 1. The summed E-state index contributed by atoms with van der Waals surface area (Å²) < 4.78 is 5.47. The molecule has 1 saturated carbocycles. The predicted molar refractivity (Wildman–Crippen MR) is 63.9 cm³/mol. The Morgan fingerprint density at radius 3 is 2.47 bits per heavy atom. The fourth-order valence-corrected chi connectivity index (χ4v) is 2.12. The number of nitrogens with two attached hydrogens (primary N) is 1. The summed E-state index contributed by atoms with van der Waals surface area (Å²) >= 11 is 0. The van der Waals surface area contributed by atoms with E-state index in [1.54, 1.807) is 7.11 Å². The normalized spacial score (nSPS) is 22.8. The molecular weight excluding hydrogens is 188 g/mol. The van der Waals surface area contributed by atoms with Crippen LogP contribution in [0.1, 0.15) is 33.6 Å². The molecule has 1 fully saturated rings. The van der Waals surface area contributed by atoms with Crippen molar-refractivity contribution >= 4 is 0 Å². The van der Waals surface area contributed by atoms with Crippen LogP contribution in [0.2, 0.25) is 0 Å². The minimum atomic E-state index is -0.0217. The van der Waals surface area contributed by atoms with Crippen LogP contribution in [0.25, 0.3) is 0 Å². The molecule has 1 rings (SSSR count). The second kappa shape index (κ2) is 5.28. The van der Waals surface area contributed by atoms with Crippen LogP contribution in [0, 0.1) is 5.92 Å². The van der Waals surface area contributed by atoms with Gasteiger partial charge in [0, 0.05) is 20.2 Å². The van der Waals surface area contributed by atoms with E-state index in [1.807, 2.05) is 0 Å². The maximum Gasteiger partial charge on any atom is 0.0736 e. The standard InChI is InChI=1S/C12H26N2O/c1-5-14(8-11-6-7-11)12(3,9-13)10(2)15-4/h10-11H,5-9,13H2,1-4H3. The minimum absolute atomic E-state index is 0.0217. The molecule has 1 aliphatic rings. The number of ether oxygens (including phenoxy) is 1. The molecule has 3 nitrogen and oxygen atoms in total. The average Bonchev–Trinajstić information content (AvgIpc) is 3.07. The quantitative estimate of drug-likeness (QED) is 0.697. The first-order chi connectivity index (χ1) is 7.08. The van der Waals surface area contributed by atoms with Crippen LogP contribution in [-0.2, 0) is 4.74 Å². The number of nitrogens with zero attached hydrogens (tertiary/aromatic N) is 1. The van der Waals surface area contributed by atoms with E-state index in [-0.39, 0.29) is 11.6 Å². The van der Waals surface area contributed by atoms with Crippen molar-refractivity contribution in [3.8, 4) is 0 Å². The zero-order valence-corrected chi connectivity index (χ0v) is 10.6. The summed E-state index contributed by atoms with van der Waals surface area (Å²) in [7, 11) is 1.77. The van der Waals surface area contributed by atoms with E-state index >= 15 is 0 Å². The van der Waals surface area contributed by atoms with Crippen molar-refractivity contribution in [2.24, 2.45) is 11.7 Å². The lowest BCUT2D eigenvalue weighted by Gasteiger charge is -2.43. The highest BCUT2D eigenvalue weighted by molar-refractivity contribution is 4.94. The number of likely N-dealkylation sites (N-methyl/N-ethyl adjacent to an activating group) is 1. The molecule has 15 heavy (non-hydrogen) atoms. The smallest absolute Gasteiger partial charge is 0.0736 e. The monoisotopic (exact) mass is 214 g/mol. The number of hydrogen-bond donors (Lipinski definition) is 1. The van der Waals surface area contributed by atoms with Crippen LogP contribution in [0.5, 0.6) is 0 Å². The molecule has 0 amide bonds. The van der Waals surface area contributed by atoms with Crippen LogP contribution in [-0.4, -0.2) is 43.3 Å². The van der Waals surface area contributed by atoms with Gasteiger partial charge in [-0.25, -0.2) is 0 Å². The van der Waals surface area contributed by atoms with E-state index in [1.165, 1.54) is 19.4 Å². The summed E-state index contributed by atoms with van der Waals surface area (Å²) in [5.74, 6) is 0.903. The lowest BCUT2D eigenvalue weighted by molar-refractivity contribution is -0.0310. The molecule has 0 aliphatic heterocycles. The summed E-state index contributed by atoms with van der Waals surface area (Å²) in [5, 5.41) is 0. The van der Waals surface area contributed by atoms with Gasteiger partial charge in [0.1, 0.15) is 0 Å². The van der Waals surface area contributed by atoms with E-state index in [2.05, 4.69) is 25.7 Å². The second-order valence-corrected chi connectivity index (χ2v) is 4.92. The largest absolute Gasteiger partial charge is 0.380 e. The first-order valence-electron chi connectivity index (χ1n) is 6.06. The fraction of sp³-hybridized carbons (Fsp3) is 1.00. The maximum absolute atomic E-state index is 5.93. The van der Waals surface area contributed by atoms with Crippen LogP contribution in [0.4, 0.5) is 0 Å². The van der Waals surface area contributed by atoms with Crippen LogP contribution < -0.4 is 5.73 Å². The Labute approximate surface area is 94.0 Å². The maximum atomic E-state index is 5.93. The van der Waals surface area contributed by atoms with Crippen molar-refractivity contribution in [1.29, 1.82) is 0 Å². The van der Waals surface area contributed by atoms with Gasteiger partial charge in [0.25, 0.3) is 0 Å². The minimum Gasteiger partial charge on any atom is -0.380 e. The third-order valence-corrected chi connectivity index (χ3v) is 3.92. The summed E-state index contributed by atoms with van der Waals surface area (Å²) in [4.78, 5) is 2.48. The molecule has 0 spiro atoms. The molecule has 0 heterocycles. The highest BCUT2D eigenvalue weighted by atomic mass is 16.5.